The number of nitrogens with two attached hydrogens (primary N) is 1. The first kappa shape index (κ1) is 32.0. The molecule has 0 aromatic heterocycles. The fraction of sp³-hybridized carbons (Fsp3) is 0.533. The Morgan fingerprint density at radius 3 is 2.32 bits per heavy atom. The molecule has 2 aliphatic carbocycles. The predicted molar refractivity (Wildman–Crippen MR) is 149 cm³/mol. The van der Waals surface area contributed by atoms with Gasteiger partial charge < -0.3 is 35.1 Å². The lowest BCUT2D eigenvalue weighted by atomic mass is 9.85. The van der Waals surface area contributed by atoms with Gasteiger partial charge >= 0.3 is 6.09 Å². The number of carbonyl (C=O) groups is 4. The van der Waals surface area contributed by atoms with E-state index >= 15 is 0 Å². The SMILES string of the molecule is COC1=C2C[C@@H](C)C[C@H](OC)[C@H](O)[C@@H](C)/C=C(\C)[C@H](OC(N)=O)C3/C(=C\C=C(/C)C(=O)NC(=CC1=O)C2=O)[C@@H]3OC. The lowest BCUT2D eigenvalue weighted by molar-refractivity contribution is -0.120. The van der Waals surface area contributed by atoms with Crippen molar-refractivity contribution in [1.82, 2.24) is 5.32 Å². The summed E-state index contributed by atoms with van der Waals surface area (Å²) in [6, 6.07) is 0. The molecule has 0 aromatic rings. The summed E-state index contributed by atoms with van der Waals surface area (Å²) >= 11 is 0. The minimum Gasteiger partial charge on any atom is -0.492 e. The number of rotatable bonds is 4. The zero-order valence-corrected chi connectivity index (χ0v) is 24.6. The van der Waals surface area contributed by atoms with Crippen LogP contribution in [0.15, 0.2) is 58.1 Å². The van der Waals surface area contributed by atoms with Crippen molar-refractivity contribution in [3.05, 3.63) is 58.1 Å². The van der Waals surface area contributed by atoms with E-state index in [1.165, 1.54) is 21.3 Å². The number of aliphatic hydroxyl groups is 1. The molecular formula is C30H40N2O9. The number of carbonyl (C=O) groups excluding carboxylic acids is 4. The first-order valence-electron chi connectivity index (χ1n) is 13.5. The predicted octanol–water partition coefficient (Wildman–Crippen LogP) is 2.41. The number of ether oxygens (including phenoxy) is 4. The molecule has 11 heteroatoms. The van der Waals surface area contributed by atoms with Crippen molar-refractivity contribution >= 4 is 23.6 Å². The van der Waals surface area contributed by atoms with E-state index in [9.17, 15) is 24.3 Å². The van der Waals surface area contributed by atoms with Crippen LogP contribution in [0.25, 0.3) is 0 Å². The second kappa shape index (κ2) is 13.4. The summed E-state index contributed by atoms with van der Waals surface area (Å²) in [7, 11) is 4.33. The Balaban J connectivity index is 2.09. The Morgan fingerprint density at radius 1 is 1.05 bits per heavy atom. The highest BCUT2D eigenvalue weighted by Crippen LogP contribution is 2.47. The van der Waals surface area contributed by atoms with Crippen LogP contribution in [-0.4, -0.2) is 74.4 Å². The molecule has 41 heavy (non-hydrogen) atoms. The zero-order valence-electron chi connectivity index (χ0n) is 24.6. The highest BCUT2D eigenvalue weighted by atomic mass is 16.6. The van der Waals surface area contributed by atoms with E-state index in [2.05, 4.69) is 5.32 Å². The number of allylic oxidation sites excluding steroid dienone is 4. The third kappa shape index (κ3) is 7.22. The lowest BCUT2D eigenvalue weighted by Gasteiger charge is -2.29. The summed E-state index contributed by atoms with van der Waals surface area (Å²) in [6.45, 7) is 7.05. The molecule has 1 fully saturated rings. The molecule has 224 valence electrons. The summed E-state index contributed by atoms with van der Waals surface area (Å²) in [5.74, 6) is -2.67. The molecule has 7 atom stereocenters. The Labute approximate surface area is 240 Å². The van der Waals surface area contributed by atoms with Gasteiger partial charge in [0.05, 0.1) is 37.0 Å². The van der Waals surface area contributed by atoms with E-state index in [0.29, 0.717) is 12.0 Å². The highest BCUT2D eigenvalue weighted by molar-refractivity contribution is 6.23. The number of primary amides is 1. The summed E-state index contributed by atoms with van der Waals surface area (Å²) in [4.78, 5) is 51.0. The first-order chi connectivity index (χ1) is 19.3. The zero-order chi connectivity index (χ0) is 30.6. The van der Waals surface area contributed by atoms with Gasteiger partial charge in [0.15, 0.2) is 5.76 Å². The van der Waals surface area contributed by atoms with Gasteiger partial charge in [-0.25, -0.2) is 4.79 Å². The molecule has 11 nitrogen and oxygen atoms in total. The summed E-state index contributed by atoms with van der Waals surface area (Å²) < 4.78 is 22.0. The summed E-state index contributed by atoms with van der Waals surface area (Å²) in [6.07, 6.45) is 2.99. The first-order valence-corrected chi connectivity index (χ1v) is 13.5. The van der Waals surface area contributed by atoms with Gasteiger partial charge in [-0.1, -0.05) is 32.1 Å². The molecule has 0 radical (unpaired) electrons. The van der Waals surface area contributed by atoms with Gasteiger partial charge in [-0.3, -0.25) is 14.4 Å². The summed E-state index contributed by atoms with van der Waals surface area (Å²) in [5, 5.41) is 13.8. The van der Waals surface area contributed by atoms with Crippen molar-refractivity contribution in [1.29, 1.82) is 0 Å². The van der Waals surface area contributed by atoms with Crippen LogP contribution >= 0.6 is 0 Å². The van der Waals surface area contributed by atoms with Crippen molar-refractivity contribution in [2.45, 2.75) is 65.0 Å². The maximum Gasteiger partial charge on any atom is 0.405 e. The Morgan fingerprint density at radius 2 is 1.73 bits per heavy atom. The number of hydrogen-bond acceptors (Lipinski definition) is 9. The number of ketones is 2. The molecule has 0 saturated heterocycles. The van der Waals surface area contributed by atoms with Crippen LogP contribution in [-0.2, 0) is 33.3 Å². The Hall–Kier alpha value is -3.54. The number of amides is 2. The standard InChI is InChI=1S/C30H40N2O9/c1-14-10-19-25(35)20(13-21(33)27(19)39-6)32-29(36)15(2)8-9-18-23(28(18)40-7)26(41-30(31)37)17(4)12-16(3)24(34)22(11-14)38-5/h8-9,12-14,16,22-24,26,28,34H,10-11H2,1-7H3,(H2,31,37)(H,32,36)/b15-8+,17-12+,18-9+/t14-,16+,22+,23?,24-,26+,28+/m1/s1. The maximum absolute atomic E-state index is 13.4. The Kier molecular flexibility index (Phi) is 10.5. The molecule has 1 heterocycles. The van der Waals surface area contributed by atoms with E-state index in [-0.39, 0.29) is 40.9 Å². The van der Waals surface area contributed by atoms with Gasteiger partial charge in [-0.05, 0) is 43.8 Å². The van der Waals surface area contributed by atoms with Gasteiger partial charge in [-0.15, -0.1) is 0 Å². The van der Waals surface area contributed by atoms with Crippen LogP contribution < -0.4 is 11.1 Å². The van der Waals surface area contributed by atoms with Gasteiger partial charge in [0, 0.05) is 37.4 Å². The molecule has 3 aliphatic rings. The molecule has 2 amide bonds. The van der Waals surface area contributed by atoms with Crippen LogP contribution in [0.1, 0.15) is 40.5 Å². The number of aliphatic hydroxyl groups excluding tert-OH is 1. The molecule has 4 N–H and O–H groups in total. The fourth-order valence-electron chi connectivity index (χ4n) is 5.52. The number of fused-ring (bicyclic) bond motifs is 3. The summed E-state index contributed by atoms with van der Waals surface area (Å²) in [5.41, 5.74) is 7.10. The molecule has 1 unspecified atom stereocenters. The topological polar surface area (TPSA) is 163 Å². The molecule has 1 saturated carbocycles. The van der Waals surface area contributed by atoms with Crippen LogP contribution in [0, 0.1) is 17.8 Å². The van der Waals surface area contributed by atoms with Crippen molar-refractivity contribution in [3.8, 4) is 0 Å². The van der Waals surface area contributed by atoms with Crippen LogP contribution in [0.3, 0.4) is 0 Å². The minimum atomic E-state index is -0.950. The van der Waals surface area contributed by atoms with Gasteiger partial charge in [0.1, 0.15) is 6.10 Å². The molecular weight excluding hydrogens is 532 g/mol. The monoisotopic (exact) mass is 572 g/mol. The van der Waals surface area contributed by atoms with Crippen molar-refractivity contribution < 1.29 is 43.2 Å². The quantitative estimate of drug-likeness (QED) is 0.339. The lowest BCUT2D eigenvalue weighted by Crippen LogP contribution is -2.36. The number of methoxy groups -OCH3 is 3. The average Bonchev–Trinajstić information content (AvgIpc) is 3.62. The van der Waals surface area contributed by atoms with E-state index in [1.807, 2.05) is 19.9 Å². The van der Waals surface area contributed by atoms with Crippen molar-refractivity contribution in [2.24, 2.45) is 23.5 Å². The average molecular weight is 573 g/mol. The highest BCUT2D eigenvalue weighted by Gasteiger charge is 2.51. The van der Waals surface area contributed by atoms with Gasteiger partial charge in [-0.2, -0.15) is 0 Å². The number of Topliss-reactive ketones (excluding diaryl/α,β-unsaturated/α-hetero) is 1. The normalized spacial score (nSPS) is 35.5. The van der Waals surface area contributed by atoms with Crippen LogP contribution in [0.2, 0.25) is 0 Å². The second-order valence-corrected chi connectivity index (χ2v) is 10.9. The van der Waals surface area contributed by atoms with E-state index in [1.54, 1.807) is 26.0 Å². The van der Waals surface area contributed by atoms with Crippen molar-refractivity contribution in [2.75, 3.05) is 21.3 Å². The molecule has 1 aliphatic heterocycles. The van der Waals surface area contributed by atoms with Crippen LogP contribution in [0.4, 0.5) is 4.79 Å². The van der Waals surface area contributed by atoms with E-state index < -0.39 is 53.9 Å². The number of nitrogens with one attached hydrogen (secondary N) is 1. The third-order valence-electron chi connectivity index (χ3n) is 7.77. The number of hydrogen-bond donors (Lipinski definition) is 3. The van der Waals surface area contributed by atoms with E-state index in [0.717, 1.165) is 11.6 Å². The van der Waals surface area contributed by atoms with Crippen LogP contribution in [0.5, 0.6) is 0 Å². The smallest absolute Gasteiger partial charge is 0.405 e. The third-order valence-corrected chi connectivity index (χ3v) is 7.77. The molecule has 0 aromatic carbocycles. The molecule has 0 spiro atoms. The van der Waals surface area contributed by atoms with Gasteiger partial charge in [0.25, 0.3) is 5.91 Å². The van der Waals surface area contributed by atoms with Gasteiger partial charge in [0.2, 0.25) is 11.6 Å². The minimum absolute atomic E-state index is 0.0740. The molecule has 2 bridgehead atoms. The second-order valence-electron chi connectivity index (χ2n) is 10.9. The Bertz CT molecular complexity index is 1240. The molecule has 3 rings (SSSR count). The maximum atomic E-state index is 13.4. The largest absolute Gasteiger partial charge is 0.492 e. The van der Waals surface area contributed by atoms with E-state index in [4.69, 9.17) is 24.7 Å². The van der Waals surface area contributed by atoms with Crippen molar-refractivity contribution in [3.63, 3.8) is 0 Å². The fourth-order valence-corrected chi connectivity index (χ4v) is 5.52.